The fourth-order valence-electron chi connectivity index (χ4n) is 3.13. The van der Waals surface area contributed by atoms with Gasteiger partial charge in [-0.1, -0.05) is 30.3 Å². The van der Waals surface area contributed by atoms with Crippen molar-refractivity contribution >= 4 is 11.8 Å². The van der Waals surface area contributed by atoms with Gasteiger partial charge in [0.25, 0.3) is 0 Å². The van der Waals surface area contributed by atoms with Crippen molar-refractivity contribution in [3.8, 4) is 0 Å². The Hall–Kier alpha value is -2.18. The predicted molar refractivity (Wildman–Crippen MR) is 101 cm³/mol. The molecule has 1 aromatic heterocycles. The molecule has 6 heteroatoms. The zero-order valence-electron chi connectivity index (χ0n) is 15.0. The maximum atomic E-state index is 9.68. The molecule has 6 nitrogen and oxygen atoms in total. The van der Waals surface area contributed by atoms with Gasteiger partial charge >= 0.3 is 0 Å². The summed E-state index contributed by atoms with van der Waals surface area (Å²) < 4.78 is 0. The Morgan fingerprint density at radius 2 is 1.92 bits per heavy atom. The van der Waals surface area contributed by atoms with Crippen molar-refractivity contribution in [3.05, 3.63) is 48.2 Å². The molecule has 0 saturated carbocycles. The van der Waals surface area contributed by atoms with Crippen LogP contribution in [0.2, 0.25) is 0 Å². The molecule has 0 spiro atoms. The molecule has 1 aliphatic rings. The molecule has 1 aromatic carbocycles. The number of aromatic nitrogens is 2. The van der Waals surface area contributed by atoms with E-state index in [9.17, 15) is 5.11 Å². The molecule has 0 bridgehead atoms. The molecule has 0 radical (unpaired) electrons. The van der Waals surface area contributed by atoms with Crippen LogP contribution in [0.25, 0.3) is 0 Å². The van der Waals surface area contributed by atoms with Gasteiger partial charge in [0, 0.05) is 25.8 Å². The topological polar surface area (TPSA) is 64.5 Å². The molecule has 2 N–H and O–H groups in total. The zero-order valence-corrected chi connectivity index (χ0v) is 15.0. The van der Waals surface area contributed by atoms with E-state index in [1.54, 1.807) is 6.20 Å². The number of anilines is 2. The van der Waals surface area contributed by atoms with Gasteiger partial charge in [-0.05, 0) is 38.6 Å². The Kier molecular flexibility index (Phi) is 5.83. The van der Waals surface area contributed by atoms with Gasteiger partial charge in [-0.3, -0.25) is 0 Å². The third-order valence-corrected chi connectivity index (χ3v) is 4.48. The molecule has 1 aliphatic heterocycles. The third kappa shape index (κ3) is 4.90. The minimum absolute atomic E-state index is 0.120. The van der Waals surface area contributed by atoms with Gasteiger partial charge in [0.05, 0.1) is 12.1 Å². The lowest BCUT2D eigenvalue weighted by Crippen LogP contribution is -2.36. The highest BCUT2D eigenvalue weighted by Gasteiger charge is 2.19. The van der Waals surface area contributed by atoms with Crippen LogP contribution in [0.3, 0.4) is 0 Å². The molecule has 1 atom stereocenters. The van der Waals surface area contributed by atoms with E-state index in [1.165, 1.54) is 5.56 Å². The minimum atomic E-state index is -0.182. The number of likely N-dealkylation sites (N-methyl/N-ethyl adjacent to an activating group) is 1. The highest BCUT2D eigenvalue weighted by molar-refractivity contribution is 5.44. The number of benzene rings is 1. The summed E-state index contributed by atoms with van der Waals surface area (Å²) in [5.74, 6) is 1.56. The zero-order chi connectivity index (χ0) is 17.6. The lowest BCUT2D eigenvalue weighted by molar-refractivity contribution is 0.145. The van der Waals surface area contributed by atoms with E-state index in [1.807, 2.05) is 12.1 Å². The molecular weight excluding hydrogens is 314 g/mol. The Morgan fingerprint density at radius 1 is 1.20 bits per heavy atom. The molecule has 2 aromatic rings. The normalized spacial score (nSPS) is 16.9. The molecule has 0 amide bonds. The van der Waals surface area contributed by atoms with Gasteiger partial charge in [0.2, 0.25) is 5.95 Å². The quantitative estimate of drug-likeness (QED) is 0.839. The van der Waals surface area contributed by atoms with Crippen molar-refractivity contribution < 1.29 is 5.11 Å². The van der Waals surface area contributed by atoms with E-state index in [2.05, 4.69) is 58.5 Å². The van der Waals surface area contributed by atoms with Gasteiger partial charge in [0.15, 0.2) is 0 Å². The highest BCUT2D eigenvalue weighted by atomic mass is 16.3. The molecule has 1 unspecified atom stereocenters. The molecule has 3 rings (SSSR count). The number of rotatable bonds is 6. The van der Waals surface area contributed by atoms with E-state index in [4.69, 9.17) is 4.98 Å². The van der Waals surface area contributed by atoms with Crippen LogP contribution in [0.15, 0.2) is 42.6 Å². The SMILES string of the molecule is CN(C)CC(Nc1nccc(N2CCC(O)CC2)n1)c1ccccc1. The number of piperidine rings is 1. The van der Waals surface area contributed by atoms with Crippen LogP contribution in [0.1, 0.15) is 24.4 Å². The van der Waals surface area contributed by atoms with Crippen LogP contribution in [0.5, 0.6) is 0 Å². The Bertz CT molecular complexity index is 656. The summed E-state index contributed by atoms with van der Waals surface area (Å²) in [6.45, 7) is 2.52. The van der Waals surface area contributed by atoms with E-state index < -0.39 is 0 Å². The standard InChI is InChI=1S/C19H27N5O/c1-23(2)14-17(15-6-4-3-5-7-15)21-19-20-11-8-18(22-19)24-12-9-16(25)10-13-24/h3-8,11,16-17,25H,9-10,12-14H2,1-2H3,(H,20,21,22). The van der Waals surface area contributed by atoms with Crippen molar-refractivity contribution in [1.29, 1.82) is 0 Å². The van der Waals surface area contributed by atoms with E-state index in [0.717, 1.165) is 38.3 Å². The van der Waals surface area contributed by atoms with Crippen molar-refractivity contribution in [1.82, 2.24) is 14.9 Å². The van der Waals surface area contributed by atoms with E-state index >= 15 is 0 Å². The fourth-order valence-corrected chi connectivity index (χ4v) is 3.13. The first-order chi connectivity index (χ1) is 12.1. The Labute approximate surface area is 149 Å². The summed E-state index contributed by atoms with van der Waals surface area (Å²) in [5.41, 5.74) is 1.21. The Morgan fingerprint density at radius 3 is 2.60 bits per heavy atom. The van der Waals surface area contributed by atoms with E-state index in [-0.39, 0.29) is 12.1 Å². The molecule has 0 aliphatic carbocycles. The lowest BCUT2D eigenvalue weighted by Gasteiger charge is -2.30. The number of hydrogen-bond donors (Lipinski definition) is 2. The van der Waals surface area contributed by atoms with Crippen molar-refractivity contribution in [2.24, 2.45) is 0 Å². The first-order valence-electron chi connectivity index (χ1n) is 8.84. The lowest BCUT2D eigenvalue weighted by atomic mass is 10.1. The summed E-state index contributed by atoms with van der Waals surface area (Å²) >= 11 is 0. The van der Waals surface area contributed by atoms with Gasteiger partial charge in [-0.2, -0.15) is 4.98 Å². The molecular formula is C19H27N5O. The number of aliphatic hydroxyl groups is 1. The minimum Gasteiger partial charge on any atom is -0.393 e. The van der Waals surface area contributed by atoms with Crippen LogP contribution in [0.4, 0.5) is 11.8 Å². The van der Waals surface area contributed by atoms with Gasteiger partial charge in [-0.15, -0.1) is 0 Å². The molecule has 2 heterocycles. The fraction of sp³-hybridized carbons (Fsp3) is 0.474. The number of aliphatic hydroxyl groups excluding tert-OH is 1. The van der Waals surface area contributed by atoms with Crippen molar-refractivity contribution in [2.75, 3.05) is 43.9 Å². The van der Waals surface area contributed by atoms with Gasteiger partial charge in [-0.25, -0.2) is 4.98 Å². The molecule has 1 fully saturated rings. The van der Waals surface area contributed by atoms with Crippen LogP contribution < -0.4 is 10.2 Å². The molecule has 1 saturated heterocycles. The van der Waals surface area contributed by atoms with Gasteiger partial charge in [0.1, 0.15) is 5.82 Å². The second kappa shape index (κ2) is 8.27. The maximum Gasteiger partial charge on any atom is 0.225 e. The third-order valence-electron chi connectivity index (χ3n) is 4.48. The van der Waals surface area contributed by atoms with Crippen LogP contribution in [0, 0.1) is 0 Å². The second-order valence-electron chi connectivity index (χ2n) is 6.83. The summed E-state index contributed by atoms with van der Waals surface area (Å²) in [4.78, 5) is 13.5. The van der Waals surface area contributed by atoms with Crippen LogP contribution in [-0.4, -0.2) is 59.8 Å². The molecule has 25 heavy (non-hydrogen) atoms. The van der Waals surface area contributed by atoms with E-state index in [0.29, 0.717) is 5.95 Å². The maximum absolute atomic E-state index is 9.68. The van der Waals surface area contributed by atoms with Gasteiger partial charge < -0.3 is 20.2 Å². The summed E-state index contributed by atoms with van der Waals surface area (Å²) in [5, 5.41) is 13.2. The number of nitrogens with zero attached hydrogens (tertiary/aromatic N) is 4. The average molecular weight is 341 g/mol. The average Bonchev–Trinajstić information content (AvgIpc) is 2.62. The molecule has 134 valence electrons. The van der Waals surface area contributed by atoms with Crippen molar-refractivity contribution in [2.45, 2.75) is 25.0 Å². The van der Waals surface area contributed by atoms with Crippen molar-refractivity contribution in [3.63, 3.8) is 0 Å². The number of nitrogens with one attached hydrogen (secondary N) is 1. The first-order valence-corrected chi connectivity index (χ1v) is 8.84. The highest BCUT2D eigenvalue weighted by Crippen LogP contribution is 2.21. The first kappa shape index (κ1) is 17.6. The predicted octanol–water partition coefficient (Wildman–Crippen LogP) is 2.15. The summed E-state index contributed by atoms with van der Waals surface area (Å²) in [6.07, 6.45) is 3.20. The van der Waals surface area contributed by atoms with Crippen LogP contribution >= 0.6 is 0 Å². The smallest absolute Gasteiger partial charge is 0.225 e. The largest absolute Gasteiger partial charge is 0.393 e. The van der Waals surface area contributed by atoms with Crippen LogP contribution in [-0.2, 0) is 0 Å². The second-order valence-corrected chi connectivity index (χ2v) is 6.83. The summed E-state index contributed by atoms with van der Waals surface area (Å²) in [6, 6.07) is 12.4. The summed E-state index contributed by atoms with van der Waals surface area (Å²) in [7, 11) is 4.13. The monoisotopic (exact) mass is 341 g/mol. The number of hydrogen-bond acceptors (Lipinski definition) is 6. The Balaban J connectivity index is 1.75.